The Balaban J connectivity index is 3.30. The average Bonchev–Trinajstić information content (AvgIpc) is 2.52. The number of hydrogen-bond donors (Lipinski definition) is 3. The van der Waals surface area contributed by atoms with Gasteiger partial charge in [0, 0.05) is 29.0 Å². The Bertz CT molecular complexity index is 751. The maximum absolute atomic E-state index is 13.9. The molecular formula is C29H57N3O3. The van der Waals surface area contributed by atoms with Crippen LogP contribution in [0.1, 0.15) is 123 Å². The third kappa shape index (κ3) is 8.18. The number of hydrogen-bond acceptors (Lipinski definition) is 4. The highest BCUT2D eigenvalue weighted by Crippen LogP contribution is 2.50. The summed E-state index contributed by atoms with van der Waals surface area (Å²) in [5, 5.41) is 15.5. The molecule has 1 heterocycles. The summed E-state index contributed by atoms with van der Waals surface area (Å²) in [5.41, 5.74) is 3.99. The van der Waals surface area contributed by atoms with E-state index in [1.54, 1.807) is 0 Å². The van der Waals surface area contributed by atoms with E-state index in [1.165, 1.54) is 5.06 Å². The summed E-state index contributed by atoms with van der Waals surface area (Å²) in [6.45, 7) is 29.3. The molecule has 1 aliphatic rings. The number of carbonyl (C=O) groups is 2. The lowest BCUT2D eigenvalue weighted by atomic mass is 9.57. The smallest absolute Gasteiger partial charge is 0.223 e. The van der Waals surface area contributed by atoms with E-state index in [1.807, 2.05) is 27.7 Å². The lowest BCUT2D eigenvalue weighted by molar-refractivity contribution is -0.246. The molecule has 1 aliphatic heterocycles. The Morgan fingerprint density at radius 1 is 0.914 bits per heavy atom. The van der Waals surface area contributed by atoms with Crippen LogP contribution in [0.5, 0.6) is 0 Å². The zero-order chi connectivity index (χ0) is 28.0. The number of nitrogens with one attached hydrogen (secondary N) is 1. The molecule has 2 unspecified atom stereocenters. The van der Waals surface area contributed by atoms with Crippen molar-refractivity contribution in [3.8, 4) is 0 Å². The van der Waals surface area contributed by atoms with Gasteiger partial charge in [-0.25, -0.2) is 0 Å². The summed E-state index contributed by atoms with van der Waals surface area (Å²) in [6, 6.07) is -0.0184. The molecule has 0 bridgehead atoms. The molecule has 6 heteroatoms. The van der Waals surface area contributed by atoms with Crippen molar-refractivity contribution in [1.29, 1.82) is 0 Å². The number of primary amides is 1. The van der Waals surface area contributed by atoms with Gasteiger partial charge in [0.05, 0.1) is 0 Å². The number of rotatable bonds is 8. The van der Waals surface area contributed by atoms with E-state index in [4.69, 9.17) is 5.73 Å². The zero-order valence-electron chi connectivity index (χ0n) is 25.3. The van der Waals surface area contributed by atoms with Crippen molar-refractivity contribution in [3.05, 3.63) is 0 Å². The third-order valence-corrected chi connectivity index (χ3v) is 7.90. The van der Waals surface area contributed by atoms with Crippen molar-refractivity contribution < 1.29 is 14.8 Å². The third-order valence-electron chi connectivity index (χ3n) is 7.90. The van der Waals surface area contributed by atoms with Gasteiger partial charge in [0.25, 0.3) is 0 Å². The molecule has 0 aromatic heterocycles. The van der Waals surface area contributed by atoms with Crippen LogP contribution < -0.4 is 11.1 Å². The van der Waals surface area contributed by atoms with E-state index < -0.39 is 11.1 Å². The van der Waals surface area contributed by atoms with Gasteiger partial charge in [-0.05, 0) is 75.0 Å². The molecule has 0 radical (unpaired) electrons. The van der Waals surface area contributed by atoms with Gasteiger partial charge in [0.15, 0.2) is 0 Å². The van der Waals surface area contributed by atoms with E-state index >= 15 is 0 Å². The first-order chi connectivity index (χ1) is 15.2. The number of nitrogens with zero attached hydrogens (tertiary/aromatic N) is 1. The van der Waals surface area contributed by atoms with Gasteiger partial charge >= 0.3 is 0 Å². The monoisotopic (exact) mass is 495 g/mol. The standard InChI is InChI=1S/C29H57N3O3/c1-24(2,3)17-20(23(34)31-19-15-28(11,12)32(35)29(13,14)16-19)26(7,8)18-27(9,10)21(22(30)33)25(4,5)6/h19-21,35H,15-18H2,1-14H3,(H2,30,33)(H,31,34). The molecule has 4 N–H and O–H groups in total. The fourth-order valence-electron chi connectivity index (χ4n) is 7.39. The molecule has 2 amide bonds. The quantitative estimate of drug-likeness (QED) is 0.376. The van der Waals surface area contributed by atoms with Crippen molar-refractivity contribution in [3.63, 3.8) is 0 Å². The van der Waals surface area contributed by atoms with E-state index in [2.05, 4.69) is 74.6 Å². The number of nitrogens with two attached hydrogens (primary N) is 1. The second-order valence-electron chi connectivity index (χ2n) is 16.2. The van der Waals surface area contributed by atoms with E-state index in [-0.39, 0.29) is 51.4 Å². The Morgan fingerprint density at radius 3 is 1.69 bits per heavy atom. The predicted octanol–water partition coefficient (Wildman–Crippen LogP) is 6.16. The Kier molecular flexibility index (Phi) is 9.08. The molecule has 0 aliphatic carbocycles. The van der Waals surface area contributed by atoms with Crippen LogP contribution in [-0.2, 0) is 9.59 Å². The molecule has 1 fully saturated rings. The average molecular weight is 496 g/mol. The Labute approximate surface area is 216 Å². The van der Waals surface area contributed by atoms with Crippen molar-refractivity contribution >= 4 is 11.8 Å². The molecule has 206 valence electrons. The minimum absolute atomic E-state index is 0.0184. The molecular weight excluding hydrogens is 438 g/mol. The van der Waals surface area contributed by atoms with E-state index in [9.17, 15) is 14.8 Å². The van der Waals surface area contributed by atoms with E-state index in [0.717, 1.165) is 6.42 Å². The van der Waals surface area contributed by atoms with Crippen LogP contribution in [0.4, 0.5) is 0 Å². The molecule has 35 heavy (non-hydrogen) atoms. The van der Waals surface area contributed by atoms with Crippen LogP contribution in [0.25, 0.3) is 0 Å². The summed E-state index contributed by atoms with van der Waals surface area (Å²) in [7, 11) is 0. The van der Waals surface area contributed by atoms with Crippen molar-refractivity contribution in [2.24, 2.45) is 39.2 Å². The lowest BCUT2D eigenvalue weighted by Gasteiger charge is -2.52. The fraction of sp³-hybridized carbons (Fsp3) is 0.931. The molecule has 0 saturated carbocycles. The van der Waals surface area contributed by atoms with Crippen molar-refractivity contribution in [2.75, 3.05) is 0 Å². The van der Waals surface area contributed by atoms with Crippen LogP contribution in [0.15, 0.2) is 0 Å². The first kappa shape index (κ1) is 31.9. The molecule has 0 aromatic rings. The number of carbonyl (C=O) groups excluding carboxylic acids is 2. The van der Waals surface area contributed by atoms with Gasteiger partial charge in [0.2, 0.25) is 11.8 Å². The van der Waals surface area contributed by atoms with Gasteiger partial charge in [-0.2, -0.15) is 5.06 Å². The van der Waals surface area contributed by atoms with Crippen LogP contribution >= 0.6 is 0 Å². The number of hydroxylamine groups is 2. The molecule has 1 rings (SSSR count). The van der Waals surface area contributed by atoms with Crippen LogP contribution in [0.3, 0.4) is 0 Å². The van der Waals surface area contributed by atoms with Gasteiger partial charge in [0.1, 0.15) is 0 Å². The molecule has 1 saturated heterocycles. The Morgan fingerprint density at radius 2 is 1.34 bits per heavy atom. The highest BCUT2D eigenvalue weighted by Gasteiger charge is 2.49. The first-order valence-electron chi connectivity index (χ1n) is 13.3. The molecule has 6 nitrogen and oxygen atoms in total. The number of piperidine rings is 1. The van der Waals surface area contributed by atoms with Gasteiger partial charge in [-0.1, -0.05) is 69.2 Å². The minimum atomic E-state index is -0.432. The minimum Gasteiger partial charge on any atom is -0.369 e. The summed E-state index contributed by atoms with van der Waals surface area (Å²) in [4.78, 5) is 26.5. The highest BCUT2D eigenvalue weighted by atomic mass is 16.5. The Hall–Kier alpha value is -1.14. The van der Waals surface area contributed by atoms with Crippen LogP contribution in [0.2, 0.25) is 0 Å². The largest absolute Gasteiger partial charge is 0.369 e. The van der Waals surface area contributed by atoms with Gasteiger partial charge in [-0.3, -0.25) is 9.59 Å². The maximum Gasteiger partial charge on any atom is 0.223 e. The normalized spacial score (nSPS) is 21.9. The van der Waals surface area contributed by atoms with Crippen LogP contribution in [0, 0.1) is 33.5 Å². The topological polar surface area (TPSA) is 95.7 Å². The first-order valence-corrected chi connectivity index (χ1v) is 13.3. The van der Waals surface area contributed by atoms with Gasteiger partial charge < -0.3 is 16.3 Å². The highest BCUT2D eigenvalue weighted by molar-refractivity contribution is 5.80. The predicted molar refractivity (Wildman–Crippen MR) is 145 cm³/mol. The molecule has 2 atom stereocenters. The SMILES string of the molecule is CC(C)(C)CC(C(=O)NC1CC(C)(C)N(O)C(C)(C)C1)C(C)(C)CC(C)(C)C(C(N)=O)C(C)(C)C. The maximum atomic E-state index is 13.9. The van der Waals surface area contributed by atoms with Crippen molar-refractivity contribution in [1.82, 2.24) is 10.4 Å². The van der Waals surface area contributed by atoms with Gasteiger partial charge in [-0.15, -0.1) is 0 Å². The summed E-state index contributed by atoms with van der Waals surface area (Å²) < 4.78 is 0. The summed E-state index contributed by atoms with van der Waals surface area (Å²) in [5.74, 6) is -0.762. The zero-order valence-corrected chi connectivity index (χ0v) is 25.3. The summed E-state index contributed by atoms with van der Waals surface area (Å²) >= 11 is 0. The molecule has 0 aromatic carbocycles. The van der Waals surface area contributed by atoms with Crippen LogP contribution in [-0.4, -0.2) is 39.2 Å². The molecule has 0 spiro atoms. The number of amides is 2. The summed E-state index contributed by atoms with van der Waals surface area (Å²) in [6.07, 6.45) is 2.80. The van der Waals surface area contributed by atoms with E-state index in [0.29, 0.717) is 19.3 Å². The second kappa shape index (κ2) is 9.96. The lowest BCUT2D eigenvalue weighted by Crippen LogP contribution is -2.63. The second-order valence-corrected chi connectivity index (χ2v) is 16.2. The van der Waals surface area contributed by atoms with Crippen molar-refractivity contribution in [2.45, 2.75) is 140 Å². The fourth-order valence-corrected chi connectivity index (χ4v) is 7.39.